The highest BCUT2D eigenvalue weighted by Crippen LogP contribution is 2.52. The standard InChI is InChI=1S/C33H45F5O5S2/c1-31(25-10-12-26(13-11-25)42-23-39-2)22-45-30-21-27(43-24-40-3)14-15-28(30)29(31)9-5-4-6-17-41-18-8-20-44-19-7-16-32(34,35)33(36,37)38/h10-15,21,29H,4-9,16-20,22-24H2,1-3H3/t29-,31-/m1/s1. The molecule has 0 N–H and O–H groups in total. The van der Waals surface area contributed by atoms with Gasteiger partial charge in [-0.2, -0.15) is 33.7 Å². The first-order chi connectivity index (χ1) is 21.5. The van der Waals surface area contributed by atoms with Crippen LogP contribution in [-0.2, 0) is 19.6 Å². The van der Waals surface area contributed by atoms with Gasteiger partial charge in [-0.15, -0.1) is 11.8 Å². The van der Waals surface area contributed by atoms with Crippen molar-refractivity contribution in [1.29, 1.82) is 0 Å². The molecule has 0 saturated carbocycles. The Kier molecular flexibility index (Phi) is 15.6. The zero-order valence-corrected chi connectivity index (χ0v) is 27.9. The van der Waals surface area contributed by atoms with E-state index in [1.54, 1.807) is 14.2 Å². The monoisotopic (exact) mass is 680 g/mol. The fourth-order valence-corrected chi connectivity index (χ4v) is 7.64. The van der Waals surface area contributed by atoms with Crippen LogP contribution in [0.5, 0.6) is 11.5 Å². The number of hydrogen-bond acceptors (Lipinski definition) is 7. The molecule has 0 spiro atoms. The highest BCUT2D eigenvalue weighted by Gasteiger charge is 2.56. The maximum absolute atomic E-state index is 12.9. The highest BCUT2D eigenvalue weighted by atomic mass is 32.2. The zero-order valence-electron chi connectivity index (χ0n) is 26.3. The van der Waals surface area contributed by atoms with Crippen molar-refractivity contribution in [2.45, 2.75) is 80.2 Å². The van der Waals surface area contributed by atoms with Crippen LogP contribution in [-0.4, -0.2) is 70.4 Å². The van der Waals surface area contributed by atoms with E-state index < -0.39 is 18.5 Å². The molecular weight excluding hydrogens is 635 g/mol. The van der Waals surface area contributed by atoms with Crippen LogP contribution in [0.1, 0.15) is 68.9 Å². The van der Waals surface area contributed by atoms with Crippen LogP contribution in [0.2, 0.25) is 0 Å². The SMILES string of the molecule is COCOc1ccc([C@@]2(C)CSc3cc(OCOC)ccc3[C@H]2CCCCCOCCCSCCCC(F)(F)C(F)(F)F)cc1. The molecule has 5 nitrogen and oxygen atoms in total. The van der Waals surface area contributed by atoms with Gasteiger partial charge in [0, 0.05) is 49.9 Å². The lowest BCUT2D eigenvalue weighted by Gasteiger charge is -2.43. The van der Waals surface area contributed by atoms with Crippen LogP contribution < -0.4 is 9.47 Å². The number of fused-ring (bicyclic) bond motifs is 1. The average molecular weight is 681 g/mol. The third-order valence-corrected chi connectivity index (χ3v) is 10.5. The minimum absolute atomic E-state index is 0.0802. The van der Waals surface area contributed by atoms with Crippen molar-refractivity contribution in [3.63, 3.8) is 0 Å². The quantitative estimate of drug-likeness (QED) is 0.0740. The van der Waals surface area contributed by atoms with Gasteiger partial charge in [-0.3, -0.25) is 0 Å². The average Bonchev–Trinajstić information content (AvgIpc) is 3.01. The van der Waals surface area contributed by atoms with Gasteiger partial charge in [0.2, 0.25) is 0 Å². The molecule has 0 fully saturated rings. The van der Waals surface area contributed by atoms with Crippen molar-refractivity contribution >= 4 is 23.5 Å². The Labute approximate surface area is 272 Å². The van der Waals surface area contributed by atoms with Crippen LogP contribution >= 0.6 is 23.5 Å². The highest BCUT2D eigenvalue weighted by molar-refractivity contribution is 7.99. The van der Waals surface area contributed by atoms with E-state index in [1.807, 2.05) is 30.0 Å². The summed E-state index contributed by atoms with van der Waals surface area (Å²) in [5.74, 6) is -0.847. The van der Waals surface area contributed by atoms with E-state index in [2.05, 4.69) is 31.2 Å². The second-order valence-corrected chi connectivity index (χ2v) is 13.6. The van der Waals surface area contributed by atoms with E-state index >= 15 is 0 Å². The van der Waals surface area contributed by atoms with Gasteiger partial charge in [-0.25, -0.2) is 0 Å². The lowest BCUT2D eigenvalue weighted by Crippen LogP contribution is -2.36. The van der Waals surface area contributed by atoms with Crippen molar-refractivity contribution < 1.29 is 45.6 Å². The summed E-state index contributed by atoms with van der Waals surface area (Å²) in [6.07, 6.45) is -2.04. The number of hydrogen-bond donors (Lipinski definition) is 0. The fourth-order valence-electron chi connectivity index (χ4n) is 5.37. The van der Waals surface area contributed by atoms with Gasteiger partial charge >= 0.3 is 12.1 Å². The topological polar surface area (TPSA) is 46.2 Å². The van der Waals surface area contributed by atoms with E-state index in [-0.39, 0.29) is 31.2 Å². The molecule has 45 heavy (non-hydrogen) atoms. The van der Waals surface area contributed by atoms with Gasteiger partial charge in [0.15, 0.2) is 13.6 Å². The number of methoxy groups -OCH3 is 2. The molecule has 2 atom stereocenters. The van der Waals surface area contributed by atoms with Crippen LogP contribution in [0.4, 0.5) is 22.0 Å². The summed E-state index contributed by atoms with van der Waals surface area (Å²) in [4.78, 5) is 1.24. The molecular formula is C33H45F5O5S2. The van der Waals surface area contributed by atoms with E-state index in [9.17, 15) is 22.0 Å². The van der Waals surface area contributed by atoms with Crippen molar-refractivity contribution in [3.8, 4) is 11.5 Å². The Hall–Kier alpha value is -1.73. The lowest BCUT2D eigenvalue weighted by molar-refractivity contribution is -0.284. The maximum Gasteiger partial charge on any atom is 0.453 e. The molecule has 0 saturated heterocycles. The molecule has 2 aromatic carbocycles. The third kappa shape index (κ3) is 11.5. The van der Waals surface area contributed by atoms with Gasteiger partial charge in [-0.1, -0.05) is 38.0 Å². The molecule has 0 bridgehead atoms. The van der Waals surface area contributed by atoms with Crippen LogP contribution in [0.25, 0.3) is 0 Å². The minimum Gasteiger partial charge on any atom is -0.468 e. The first kappa shape index (κ1) is 37.7. The van der Waals surface area contributed by atoms with Gasteiger partial charge in [0.1, 0.15) is 11.5 Å². The van der Waals surface area contributed by atoms with Crippen LogP contribution in [0.15, 0.2) is 47.4 Å². The summed E-state index contributed by atoms with van der Waals surface area (Å²) in [5.41, 5.74) is 2.52. The van der Waals surface area contributed by atoms with E-state index in [4.69, 9.17) is 23.7 Å². The molecule has 0 unspecified atom stereocenters. The molecule has 12 heteroatoms. The number of rotatable bonds is 21. The van der Waals surface area contributed by atoms with Gasteiger partial charge < -0.3 is 23.7 Å². The second-order valence-electron chi connectivity index (χ2n) is 11.3. The molecule has 0 aromatic heterocycles. The number of halogens is 5. The molecule has 0 amide bonds. The lowest BCUT2D eigenvalue weighted by atomic mass is 9.68. The largest absolute Gasteiger partial charge is 0.468 e. The molecule has 1 aliphatic rings. The summed E-state index contributed by atoms with van der Waals surface area (Å²) < 4.78 is 89.7. The Morgan fingerprint density at radius 1 is 0.822 bits per heavy atom. The number of ether oxygens (including phenoxy) is 5. The van der Waals surface area contributed by atoms with Crippen LogP contribution in [0, 0.1) is 0 Å². The van der Waals surface area contributed by atoms with Gasteiger partial charge in [0.05, 0.1) is 0 Å². The maximum atomic E-state index is 12.9. The van der Waals surface area contributed by atoms with Gasteiger partial charge in [-0.05, 0) is 78.5 Å². The van der Waals surface area contributed by atoms with E-state index in [0.717, 1.165) is 49.4 Å². The number of alkyl halides is 5. The molecule has 254 valence electrons. The Balaban J connectivity index is 1.45. The fraction of sp³-hybridized carbons (Fsp3) is 0.636. The molecule has 1 aliphatic heterocycles. The Morgan fingerprint density at radius 2 is 1.47 bits per heavy atom. The summed E-state index contributed by atoms with van der Waals surface area (Å²) in [7, 11) is 3.20. The molecule has 2 aromatic rings. The second kappa shape index (κ2) is 18.6. The first-order valence-corrected chi connectivity index (χ1v) is 17.4. The minimum atomic E-state index is -5.47. The van der Waals surface area contributed by atoms with E-state index in [1.165, 1.54) is 27.8 Å². The number of benzene rings is 2. The summed E-state index contributed by atoms with van der Waals surface area (Å²) in [6, 6.07) is 14.6. The van der Waals surface area contributed by atoms with Crippen molar-refractivity contribution in [3.05, 3.63) is 53.6 Å². The number of unbranched alkanes of at least 4 members (excludes halogenated alkanes) is 2. The molecule has 0 aliphatic carbocycles. The molecule has 0 radical (unpaired) electrons. The smallest absolute Gasteiger partial charge is 0.453 e. The van der Waals surface area contributed by atoms with Crippen molar-refractivity contribution in [2.75, 3.05) is 58.3 Å². The molecule has 1 heterocycles. The first-order valence-electron chi connectivity index (χ1n) is 15.2. The zero-order chi connectivity index (χ0) is 32.8. The predicted octanol–water partition coefficient (Wildman–Crippen LogP) is 9.48. The Bertz CT molecular complexity index is 1140. The summed E-state index contributed by atoms with van der Waals surface area (Å²) in [6.45, 7) is 3.94. The van der Waals surface area contributed by atoms with Gasteiger partial charge in [0.25, 0.3) is 0 Å². The number of thioether (sulfide) groups is 2. The summed E-state index contributed by atoms with van der Waals surface area (Å²) >= 11 is 3.23. The van der Waals surface area contributed by atoms with Crippen molar-refractivity contribution in [1.82, 2.24) is 0 Å². The van der Waals surface area contributed by atoms with Crippen LogP contribution in [0.3, 0.4) is 0 Å². The normalized spacial score (nSPS) is 18.5. The van der Waals surface area contributed by atoms with Crippen molar-refractivity contribution in [2.24, 2.45) is 0 Å². The summed E-state index contributed by atoms with van der Waals surface area (Å²) in [5, 5.41) is 0. The third-order valence-electron chi connectivity index (χ3n) is 7.91. The Morgan fingerprint density at radius 3 is 2.16 bits per heavy atom. The predicted molar refractivity (Wildman–Crippen MR) is 170 cm³/mol. The molecule has 3 rings (SSSR count). The van der Waals surface area contributed by atoms with E-state index in [0.29, 0.717) is 24.9 Å².